The highest BCUT2D eigenvalue weighted by atomic mass is 16.6. The Kier molecular flexibility index (Phi) is 5.75. The van der Waals surface area contributed by atoms with Crippen molar-refractivity contribution in [1.29, 1.82) is 0 Å². The van der Waals surface area contributed by atoms with E-state index in [4.69, 9.17) is 0 Å². The lowest BCUT2D eigenvalue weighted by Gasteiger charge is -2.18. The summed E-state index contributed by atoms with van der Waals surface area (Å²) in [6, 6.07) is 0. The number of nitrogens with zero attached hydrogens (tertiary/aromatic N) is 4. The van der Waals surface area contributed by atoms with Crippen LogP contribution in [0.5, 0.6) is 0 Å². The predicted octanol–water partition coefficient (Wildman–Crippen LogP) is 1.87. The zero-order valence-electron chi connectivity index (χ0n) is 12.1. The van der Waals surface area contributed by atoms with Gasteiger partial charge in [0.15, 0.2) is 0 Å². The standard InChI is InChI=1S/C12H23N5O2/c1-5-15(6-2)9-8-13-12-11(17(18)19)10(4)14-16(12)7-3/h13H,5-9H2,1-4H3. The molecule has 0 aliphatic carbocycles. The van der Waals surface area contributed by atoms with Crippen molar-refractivity contribution in [3.8, 4) is 0 Å². The average Bonchev–Trinajstić information content (AvgIpc) is 2.71. The lowest BCUT2D eigenvalue weighted by atomic mass is 10.3. The summed E-state index contributed by atoms with van der Waals surface area (Å²) in [5, 5.41) is 18.4. The van der Waals surface area contributed by atoms with Gasteiger partial charge in [-0.25, -0.2) is 4.68 Å². The van der Waals surface area contributed by atoms with Gasteiger partial charge >= 0.3 is 5.69 Å². The molecule has 0 aliphatic rings. The zero-order chi connectivity index (χ0) is 14.4. The van der Waals surface area contributed by atoms with Crippen molar-refractivity contribution < 1.29 is 4.92 Å². The monoisotopic (exact) mass is 269 g/mol. The van der Waals surface area contributed by atoms with E-state index in [9.17, 15) is 10.1 Å². The number of anilines is 1. The van der Waals surface area contributed by atoms with Crippen LogP contribution in [0.1, 0.15) is 26.5 Å². The summed E-state index contributed by atoms with van der Waals surface area (Å²) in [5.74, 6) is 0.511. The van der Waals surface area contributed by atoms with Crippen molar-refractivity contribution in [2.75, 3.05) is 31.5 Å². The number of hydrogen-bond donors (Lipinski definition) is 1. The summed E-state index contributed by atoms with van der Waals surface area (Å²) in [7, 11) is 0. The molecule has 7 heteroatoms. The van der Waals surface area contributed by atoms with Crippen molar-refractivity contribution in [1.82, 2.24) is 14.7 Å². The molecule has 0 amide bonds. The number of hydrogen-bond acceptors (Lipinski definition) is 5. The van der Waals surface area contributed by atoms with Gasteiger partial charge in [0.1, 0.15) is 5.69 Å². The minimum atomic E-state index is -0.367. The quantitative estimate of drug-likeness (QED) is 0.576. The van der Waals surface area contributed by atoms with Crippen LogP contribution < -0.4 is 5.32 Å². The molecule has 0 atom stereocenters. The number of nitrogens with one attached hydrogen (secondary N) is 1. The van der Waals surface area contributed by atoms with E-state index in [0.717, 1.165) is 19.6 Å². The molecule has 0 bridgehead atoms. The van der Waals surface area contributed by atoms with Gasteiger partial charge in [-0.05, 0) is 26.9 Å². The molecular weight excluding hydrogens is 246 g/mol. The van der Waals surface area contributed by atoms with Crippen LogP contribution in [0, 0.1) is 17.0 Å². The Bertz CT molecular complexity index is 426. The van der Waals surface area contributed by atoms with E-state index in [0.29, 0.717) is 24.6 Å². The van der Waals surface area contributed by atoms with E-state index in [-0.39, 0.29) is 10.6 Å². The number of likely N-dealkylation sites (N-methyl/N-ethyl adjacent to an activating group) is 1. The molecule has 0 fully saturated rings. The molecule has 1 aromatic heterocycles. The SMILES string of the molecule is CCN(CC)CCNc1c([N+](=O)[O-])c(C)nn1CC. The predicted molar refractivity (Wildman–Crippen MR) is 75.6 cm³/mol. The highest BCUT2D eigenvalue weighted by molar-refractivity contribution is 5.59. The van der Waals surface area contributed by atoms with E-state index in [1.54, 1.807) is 11.6 Å². The highest BCUT2D eigenvalue weighted by Gasteiger charge is 2.24. The lowest BCUT2D eigenvalue weighted by molar-refractivity contribution is -0.384. The molecule has 1 heterocycles. The van der Waals surface area contributed by atoms with Crippen LogP contribution in [0.3, 0.4) is 0 Å². The second kappa shape index (κ2) is 7.08. The smallest absolute Gasteiger partial charge is 0.333 e. The van der Waals surface area contributed by atoms with Crippen molar-refractivity contribution in [2.45, 2.75) is 34.2 Å². The molecule has 108 valence electrons. The van der Waals surface area contributed by atoms with Gasteiger partial charge < -0.3 is 10.2 Å². The molecule has 0 aromatic carbocycles. The first kappa shape index (κ1) is 15.4. The van der Waals surface area contributed by atoms with Gasteiger partial charge in [0.05, 0.1) is 4.92 Å². The van der Waals surface area contributed by atoms with Crippen molar-refractivity contribution in [3.63, 3.8) is 0 Å². The Morgan fingerprint density at radius 1 is 1.37 bits per heavy atom. The van der Waals surface area contributed by atoms with Gasteiger partial charge in [-0.3, -0.25) is 10.1 Å². The molecule has 0 aliphatic heterocycles. The van der Waals surface area contributed by atoms with E-state index in [1.165, 1.54) is 0 Å². The first-order valence-corrected chi connectivity index (χ1v) is 6.73. The molecule has 1 N–H and O–H groups in total. The van der Waals surface area contributed by atoms with Gasteiger partial charge in [-0.2, -0.15) is 5.10 Å². The van der Waals surface area contributed by atoms with Gasteiger partial charge in [0, 0.05) is 19.6 Å². The van der Waals surface area contributed by atoms with E-state index in [1.807, 2.05) is 6.92 Å². The Morgan fingerprint density at radius 2 is 2.00 bits per heavy atom. The van der Waals surface area contributed by atoms with Gasteiger partial charge in [-0.1, -0.05) is 13.8 Å². The molecule has 0 saturated heterocycles. The Balaban J connectivity index is 2.79. The maximum Gasteiger partial charge on any atom is 0.333 e. The maximum absolute atomic E-state index is 11.1. The first-order chi connectivity index (χ1) is 9.04. The fraction of sp³-hybridized carbons (Fsp3) is 0.750. The summed E-state index contributed by atoms with van der Waals surface area (Å²) >= 11 is 0. The fourth-order valence-electron chi connectivity index (χ4n) is 2.07. The van der Waals surface area contributed by atoms with Crippen LogP contribution in [0.4, 0.5) is 11.5 Å². The number of aryl methyl sites for hydroxylation is 2. The summed E-state index contributed by atoms with van der Waals surface area (Å²) in [6.45, 7) is 11.9. The molecule has 1 aromatic rings. The van der Waals surface area contributed by atoms with Crippen molar-refractivity contribution in [2.24, 2.45) is 0 Å². The molecule has 19 heavy (non-hydrogen) atoms. The van der Waals surface area contributed by atoms with E-state index in [2.05, 4.69) is 29.2 Å². The van der Waals surface area contributed by atoms with E-state index >= 15 is 0 Å². The maximum atomic E-state index is 11.1. The third kappa shape index (κ3) is 3.66. The van der Waals surface area contributed by atoms with Crippen molar-refractivity contribution >= 4 is 11.5 Å². The first-order valence-electron chi connectivity index (χ1n) is 6.73. The normalized spacial score (nSPS) is 11.0. The Morgan fingerprint density at radius 3 is 2.47 bits per heavy atom. The minimum absolute atomic E-state index is 0.0846. The second-order valence-corrected chi connectivity index (χ2v) is 4.31. The summed E-state index contributed by atoms with van der Waals surface area (Å²) < 4.78 is 1.65. The minimum Gasteiger partial charge on any atom is -0.363 e. The fourth-order valence-corrected chi connectivity index (χ4v) is 2.07. The third-order valence-corrected chi connectivity index (χ3v) is 3.19. The average molecular weight is 269 g/mol. The second-order valence-electron chi connectivity index (χ2n) is 4.31. The van der Waals surface area contributed by atoms with Gasteiger partial charge in [0.2, 0.25) is 5.82 Å². The topological polar surface area (TPSA) is 76.2 Å². The molecular formula is C12H23N5O2. The van der Waals surface area contributed by atoms with Crippen LogP contribution >= 0.6 is 0 Å². The molecule has 0 unspecified atom stereocenters. The van der Waals surface area contributed by atoms with Crippen LogP contribution in [0.2, 0.25) is 0 Å². The van der Waals surface area contributed by atoms with Crippen LogP contribution in [-0.2, 0) is 6.54 Å². The lowest BCUT2D eigenvalue weighted by Crippen LogP contribution is -2.29. The Labute approximate surface area is 113 Å². The molecule has 0 saturated carbocycles. The van der Waals surface area contributed by atoms with Gasteiger partial charge in [0.25, 0.3) is 0 Å². The summed E-state index contributed by atoms with van der Waals surface area (Å²) in [6.07, 6.45) is 0. The van der Waals surface area contributed by atoms with Crippen molar-refractivity contribution in [3.05, 3.63) is 15.8 Å². The summed E-state index contributed by atoms with van der Waals surface area (Å²) in [5.41, 5.74) is 0.540. The van der Waals surface area contributed by atoms with Crippen LogP contribution in [-0.4, -0.2) is 45.8 Å². The number of nitro groups is 1. The molecule has 7 nitrogen and oxygen atoms in total. The van der Waals surface area contributed by atoms with Crippen LogP contribution in [0.15, 0.2) is 0 Å². The molecule has 0 radical (unpaired) electrons. The van der Waals surface area contributed by atoms with E-state index < -0.39 is 0 Å². The van der Waals surface area contributed by atoms with Crippen LogP contribution in [0.25, 0.3) is 0 Å². The van der Waals surface area contributed by atoms with Gasteiger partial charge in [-0.15, -0.1) is 0 Å². The summed E-state index contributed by atoms with van der Waals surface area (Å²) in [4.78, 5) is 13.0. The highest BCUT2D eigenvalue weighted by Crippen LogP contribution is 2.27. The number of aromatic nitrogens is 2. The number of rotatable bonds is 8. The zero-order valence-corrected chi connectivity index (χ0v) is 12.1. The largest absolute Gasteiger partial charge is 0.363 e. The molecule has 0 spiro atoms. The molecule has 1 rings (SSSR count). The Hall–Kier alpha value is -1.63. The third-order valence-electron chi connectivity index (χ3n) is 3.19.